The molecule has 2 aromatic carbocycles. The van der Waals surface area contributed by atoms with Crippen LogP contribution in [0.4, 0.5) is 0 Å². The minimum absolute atomic E-state index is 0.433. The van der Waals surface area contributed by atoms with Gasteiger partial charge >= 0.3 is 0 Å². The van der Waals surface area contributed by atoms with Gasteiger partial charge in [0.25, 0.3) is 5.91 Å². The molecule has 1 amide bonds. The molecule has 0 atom stereocenters. The van der Waals surface area contributed by atoms with Crippen molar-refractivity contribution < 1.29 is 4.79 Å². The van der Waals surface area contributed by atoms with Crippen LogP contribution in [0.15, 0.2) is 42.5 Å². The largest absolute Gasteiger partial charge is 0.364 e. The number of rotatable bonds is 4. The number of hydrogen-bond donors (Lipinski definition) is 2. The standard InChI is InChI=1S/C18H18N4O/c19-10-11-1-6-14(7-2-11)22-17(18(20)23)15-9-13(12-3-4-12)5-8-16(15)21-22/h1-2,5-9,12H,3-4,10,19H2,(H2,20,23). The molecule has 0 spiro atoms. The van der Waals surface area contributed by atoms with E-state index < -0.39 is 5.91 Å². The highest BCUT2D eigenvalue weighted by atomic mass is 16.1. The number of nitrogens with two attached hydrogens (primary N) is 2. The van der Waals surface area contributed by atoms with Crippen LogP contribution < -0.4 is 11.5 Å². The summed E-state index contributed by atoms with van der Waals surface area (Å²) in [5, 5.41) is 5.39. The van der Waals surface area contributed by atoms with E-state index in [1.54, 1.807) is 4.68 Å². The lowest BCUT2D eigenvalue weighted by atomic mass is 10.1. The molecule has 1 aliphatic carbocycles. The van der Waals surface area contributed by atoms with Crippen LogP contribution in [-0.4, -0.2) is 15.7 Å². The summed E-state index contributed by atoms with van der Waals surface area (Å²) in [5.74, 6) is 0.149. The highest BCUT2D eigenvalue weighted by molar-refractivity contribution is 6.05. The van der Waals surface area contributed by atoms with E-state index >= 15 is 0 Å². The molecule has 4 N–H and O–H groups in total. The first-order valence-electron chi connectivity index (χ1n) is 7.79. The Kier molecular flexibility index (Phi) is 3.16. The van der Waals surface area contributed by atoms with Gasteiger partial charge in [-0.1, -0.05) is 18.2 Å². The second-order valence-electron chi connectivity index (χ2n) is 6.05. The van der Waals surface area contributed by atoms with Crippen LogP contribution in [0.2, 0.25) is 0 Å². The molecular formula is C18H18N4O. The van der Waals surface area contributed by atoms with E-state index in [-0.39, 0.29) is 0 Å². The van der Waals surface area contributed by atoms with Crippen molar-refractivity contribution in [3.05, 3.63) is 59.3 Å². The van der Waals surface area contributed by atoms with Crippen molar-refractivity contribution in [3.63, 3.8) is 0 Å². The molecule has 0 unspecified atom stereocenters. The van der Waals surface area contributed by atoms with E-state index in [9.17, 15) is 4.79 Å². The summed E-state index contributed by atoms with van der Waals surface area (Å²) in [6, 6.07) is 13.8. The monoisotopic (exact) mass is 306 g/mol. The summed E-state index contributed by atoms with van der Waals surface area (Å²) in [6.07, 6.45) is 2.43. The second-order valence-corrected chi connectivity index (χ2v) is 6.05. The van der Waals surface area contributed by atoms with E-state index in [2.05, 4.69) is 17.2 Å². The van der Waals surface area contributed by atoms with Crippen LogP contribution in [0.1, 0.15) is 40.4 Å². The molecule has 1 aliphatic rings. The topological polar surface area (TPSA) is 86.9 Å². The van der Waals surface area contributed by atoms with Gasteiger partial charge in [-0.2, -0.15) is 5.10 Å². The van der Waals surface area contributed by atoms with Crippen molar-refractivity contribution in [1.29, 1.82) is 0 Å². The maximum Gasteiger partial charge on any atom is 0.268 e. The van der Waals surface area contributed by atoms with Gasteiger partial charge in [0.15, 0.2) is 0 Å². The Morgan fingerprint density at radius 2 is 1.91 bits per heavy atom. The molecule has 1 saturated carbocycles. The maximum absolute atomic E-state index is 12.0. The maximum atomic E-state index is 12.0. The van der Waals surface area contributed by atoms with Crippen molar-refractivity contribution in [2.45, 2.75) is 25.3 Å². The first-order valence-corrected chi connectivity index (χ1v) is 7.79. The normalized spacial score (nSPS) is 14.3. The number of benzene rings is 2. The van der Waals surface area contributed by atoms with E-state index in [1.807, 2.05) is 30.3 Å². The number of fused-ring (bicyclic) bond motifs is 1. The molecule has 0 saturated heterocycles. The highest BCUT2D eigenvalue weighted by Gasteiger charge is 2.25. The Balaban J connectivity index is 1.90. The fourth-order valence-electron chi connectivity index (χ4n) is 2.97. The quantitative estimate of drug-likeness (QED) is 0.776. The Morgan fingerprint density at radius 3 is 2.52 bits per heavy atom. The first kappa shape index (κ1) is 14.0. The lowest BCUT2D eigenvalue weighted by Gasteiger charge is -2.06. The van der Waals surface area contributed by atoms with Crippen molar-refractivity contribution >= 4 is 16.8 Å². The minimum Gasteiger partial charge on any atom is -0.364 e. The molecule has 4 rings (SSSR count). The summed E-state index contributed by atoms with van der Waals surface area (Å²) in [7, 11) is 0. The third-order valence-electron chi connectivity index (χ3n) is 4.39. The number of hydrogen-bond acceptors (Lipinski definition) is 3. The summed E-state index contributed by atoms with van der Waals surface area (Å²) in [4.78, 5) is 12.0. The van der Waals surface area contributed by atoms with Gasteiger partial charge in [-0.3, -0.25) is 4.79 Å². The lowest BCUT2D eigenvalue weighted by molar-refractivity contribution is 0.0994. The number of nitrogens with zero attached hydrogens (tertiary/aromatic N) is 2. The van der Waals surface area contributed by atoms with Gasteiger partial charge < -0.3 is 11.5 Å². The fourth-order valence-corrected chi connectivity index (χ4v) is 2.97. The van der Waals surface area contributed by atoms with E-state index in [0.717, 1.165) is 22.2 Å². The lowest BCUT2D eigenvalue weighted by Crippen LogP contribution is -2.17. The van der Waals surface area contributed by atoms with Crippen LogP contribution in [-0.2, 0) is 6.54 Å². The number of carbonyl (C=O) groups is 1. The zero-order chi connectivity index (χ0) is 16.0. The van der Waals surface area contributed by atoms with E-state index in [4.69, 9.17) is 11.5 Å². The van der Waals surface area contributed by atoms with Gasteiger partial charge in [0.2, 0.25) is 0 Å². The summed E-state index contributed by atoms with van der Waals surface area (Å²) < 4.78 is 1.63. The predicted molar refractivity (Wildman–Crippen MR) is 89.5 cm³/mol. The Labute approximate surface area is 133 Å². The smallest absolute Gasteiger partial charge is 0.268 e. The summed E-state index contributed by atoms with van der Waals surface area (Å²) in [5.41, 5.74) is 15.6. The molecular weight excluding hydrogens is 288 g/mol. The van der Waals surface area contributed by atoms with Crippen LogP contribution in [0, 0.1) is 0 Å². The second kappa shape index (κ2) is 5.21. The average Bonchev–Trinajstić information content (AvgIpc) is 3.34. The zero-order valence-electron chi connectivity index (χ0n) is 12.7. The van der Waals surface area contributed by atoms with E-state index in [0.29, 0.717) is 18.2 Å². The molecule has 1 fully saturated rings. The molecule has 1 heterocycles. The van der Waals surface area contributed by atoms with Gasteiger partial charge in [-0.15, -0.1) is 0 Å². The number of amides is 1. The molecule has 0 bridgehead atoms. The highest BCUT2D eigenvalue weighted by Crippen LogP contribution is 2.41. The number of carbonyl (C=O) groups excluding carboxylic acids is 1. The predicted octanol–water partition coefficient (Wildman–Crippen LogP) is 2.46. The first-order chi connectivity index (χ1) is 11.2. The Morgan fingerprint density at radius 1 is 1.17 bits per heavy atom. The van der Waals surface area contributed by atoms with Crippen molar-refractivity contribution in [2.75, 3.05) is 0 Å². The molecule has 3 aromatic rings. The number of aromatic nitrogens is 2. The molecule has 1 aromatic heterocycles. The third kappa shape index (κ3) is 2.39. The van der Waals surface area contributed by atoms with Crippen LogP contribution >= 0.6 is 0 Å². The van der Waals surface area contributed by atoms with Gasteiger partial charge in [-0.25, -0.2) is 4.68 Å². The Bertz CT molecular complexity index is 891. The fraction of sp³-hybridized carbons (Fsp3) is 0.222. The van der Waals surface area contributed by atoms with Gasteiger partial charge in [0, 0.05) is 11.9 Å². The molecule has 0 aliphatic heterocycles. The van der Waals surface area contributed by atoms with E-state index in [1.165, 1.54) is 18.4 Å². The molecule has 5 nitrogen and oxygen atoms in total. The molecule has 0 radical (unpaired) electrons. The number of primary amides is 1. The average molecular weight is 306 g/mol. The molecule has 5 heteroatoms. The van der Waals surface area contributed by atoms with Crippen molar-refractivity contribution in [1.82, 2.24) is 9.78 Å². The van der Waals surface area contributed by atoms with Gasteiger partial charge in [-0.05, 0) is 54.2 Å². The SMILES string of the molecule is NCc1ccc(-n2nc3ccc(C4CC4)cc3c2C(N)=O)cc1. The summed E-state index contributed by atoms with van der Waals surface area (Å²) in [6.45, 7) is 0.481. The van der Waals surface area contributed by atoms with Crippen molar-refractivity contribution in [2.24, 2.45) is 11.5 Å². The van der Waals surface area contributed by atoms with Crippen LogP contribution in [0.25, 0.3) is 16.6 Å². The molecule has 23 heavy (non-hydrogen) atoms. The van der Waals surface area contributed by atoms with Crippen LogP contribution in [0.3, 0.4) is 0 Å². The van der Waals surface area contributed by atoms with Crippen LogP contribution in [0.5, 0.6) is 0 Å². The van der Waals surface area contributed by atoms with Gasteiger partial charge in [0.05, 0.1) is 11.2 Å². The minimum atomic E-state index is -0.469. The third-order valence-corrected chi connectivity index (χ3v) is 4.39. The zero-order valence-corrected chi connectivity index (χ0v) is 12.7. The van der Waals surface area contributed by atoms with Gasteiger partial charge in [0.1, 0.15) is 5.69 Å². The van der Waals surface area contributed by atoms with Crippen molar-refractivity contribution in [3.8, 4) is 5.69 Å². The Hall–Kier alpha value is -2.66. The molecule has 116 valence electrons. The summed E-state index contributed by atoms with van der Waals surface area (Å²) >= 11 is 0.